The quantitative estimate of drug-likeness (QED) is 0.717. The summed E-state index contributed by atoms with van der Waals surface area (Å²) < 4.78 is 39.0. The fraction of sp³-hybridized carbons (Fsp3) is 0.400. The largest absolute Gasteiger partial charge is 0.338 e. The third kappa shape index (κ3) is 4.32. The van der Waals surface area contributed by atoms with E-state index in [1.54, 1.807) is 29.9 Å². The molecule has 1 aromatic carbocycles. The van der Waals surface area contributed by atoms with Crippen LogP contribution in [0.5, 0.6) is 0 Å². The average Bonchev–Trinajstić information content (AvgIpc) is 3.14. The van der Waals surface area contributed by atoms with Crippen LogP contribution in [0.2, 0.25) is 0 Å². The van der Waals surface area contributed by atoms with Gasteiger partial charge in [0.1, 0.15) is 5.82 Å². The van der Waals surface area contributed by atoms with E-state index in [0.717, 1.165) is 17.0 Å². The molecule has 1 saturated heterocycles. The van der Waals surface area contributed by atoms with Gasteiger partial charge in [-0.3, -0.25) is 9.48 Å². The minimum Gasteiger partial charge on any atom is -0.338 e. The molecule has 1 fully saturated rings. The maximum absolute atomic E-state index is 13.7. The van der Waals surface area contributed by atoms with Crippen LogP contribution >= 0.6 is 0 Å². The van der Waals surface area contributed by atoms with E-state index in [2.05, 4.69) is 5.10 Å². The predicted molar refractivity (Wildman–Crippen MR) is 106 cm³/mol. The molecule has 8 heteroatoms. The summed E-state index contributed by atoms with van der Waals surface area (Å²) in [6.07, 6.45) is 3.36. The first-order valence-corrected chi connectivity index (χ1v) is 10.9. The fourth-order valence-electron chi connectivity index (χ4n) is 3.46. The Balaban J connectivity index is 1.73. The molecule has 1 aromatic heterocycles. The minimum atomic E-state index is -3.00. The second kappa shape index (κ2) is 7.87. The monoisotopic (exact) mass is 405 g/mol. The molecule has 0 bridgehead atoms. The molecule has 0 radical (unpaired) electrons. The first-order valence-electron chi connectivity index (χ1n) is 9.10. The number of likely N-dealkylation sites (N-methyl/N-ethyl adjacent to an activating group) is 1. The molecule has 0 aliphatic carbocycles. The van der Waals surface area contributed by atoms with Gasteiger partial charge < -0.3 is 4.90 Å². The van der Waals surface area contributed by atoms with E-state index in [4.69, 9.17) is 0 Å². The Morgan fingerprint density at radius 1 is 1.36 bits per heavy atom. The van der Waals surface area contributed by atoms with Gasteiger partial charge in [-0.25, -0.2) is 12.8 Å². The van der Waals surface area contributed by atoms with E-state index in [-0.39, 0.29) is 29.3 Å². The Kier molecular flexibility index (Phi) is 5.69. The third-order valence-corrected chi connectivity index (χ3v) is 6.86. The van der Waals surface area contributed by atoms with Crippen molar-refractivity contribution in [1.29, 1.82) is 0 Å². The van der Waals surface area contributed by atoms with Crippen LogP contribution in [0.25, 0.3) is 6.08 Å². The number of carbonyl (C=O) groups is 1. The van der Waals surface area contributed by atoms with E-state index >= 15 is 0 Å². The highest BCUT2D eigenvalue weighted by Gasteiger charge is 2.31. The van der Waals surface area contributed by atoms with E-state index in [1.165, 1.54) is 23.1 Å². The zero-order valence-corrected chi connectivity index (χ0v) is 17.0. The number of nitrogens with zero attached hydrogens (tertiary/aromatic N) is 3. The molecule has 150 valence electrons. The van der Waals surface area contributed by atoms with Crippen molar-refractivity contribution in [3.63, 3.8) is 0 Å². The van der Waals surface area contributed by atoms with E-state index in [1.807, 2.05) is 13.8 Å². The summed E-state index contributed by atoms with van der Waals surface area (Å²) in [7, 11) is -1.33. The first-order chi connectivity index (χ1) is 13.2. The lowest BCUT2D eigenvalue weighted by Gasteiger charge is -2.16. The van der Waals surface area contributed by atoms with Crippen molar-refractivity contribution >= 4 is 21.8 Å². The molecule has 2 heterocycles. The molecular weight excluding hydrogens is 381 g/mol. The van der Waals surface area contributed by atoms with Gasteiger partial charge in [0.2, 0.25) is 5.91 Å². The molecule has 2 aromatic rings. The van der Waals surface area contributed by atoms with E-state index in [0.29, 0.717) is 18.5 Å². The van der Waals surface area contributed by atoms with Gasteiger partial charge in [-0.2, -0.15) is 5.10 Å². The summed E-state index contributed by atoms with van der Waals surface area (Å²) in [6.45, 7) is 4.10. The summed E-state index contributed by atoms with van der Waals surface area (Å²) in [4.78, 5) is 13.9. The molecule has 1 aliphatic rings. The van der Waals surface area contributed by atoms with Gasteiger partial charge in [-0.15, -0.1) is 0 Å². The van der Waals surface area contributed by atoms with Crippen LogP contribution in [0, 0.1) is 19.7 Å². The van der Waals surface area contributed by atoms with E-state index < -0.39 is 9.84 Å². The van der Waals surface area contributed by atoms with Crippen molar-refractivity contribution in [3.8, 4) is 0 Å². The Bertz CT molecular complexity index is 1030. The van der Waals surface area contributed by atoms with Gasteiger partial charge in [0.15, 0.2) is 9.84 Å². The molecule has 0 spiro atoms. The number of aryl methyl sites for hydroxylation is 1. The average molecular weight is 405 g/mol. The Hall–Kier alpha value is -2.48. The molecule has 0 N–H and O–H groups in total. The SMILES string of the molecule is Cc1nn([C@H]2CCS(=O)(=O)C2)c(C)c1CN(C)C(=O)/C=C/c1ccccc1F. The highest BCUT2D eigenvalue weighted by atomic mass is 32.2. The van der Waals surface area contributed by atoms with Gasteiger partial charge >= 0.3 is 0 Å². The number of hydrogen-bond donors (Lipinski definition) is 0. The number of sulfone groups is 1. The standard InChI is InChI=1S/C20H24FN3O3S/c1-14-18(15(2)24(22-14)17-10-11-28(26,27)13-17)12-23(3)20(25)9-8-16-6-4-5-7-19(16)21/h4-9,17H,10-13H2,1-3H3/b9-8+/t17-/m0/s1. The van der Waals surface area contributed by atoms with Crippen LogP contribution in [-0.2, 0) is 21.2 Å². The molecule has 3 rings (SSSR count). The lowest BCUT2D eigenvalue weighted by Crippen LogP contribution is -2.25. The summed E-state index contributed by atoms with van der Waals surface area (Å²) in [5.41, 5.74) is 2.91. The topological polar surface area (TPSA) is 72.3 Å². The fourth-order valence-corrected chi connectivity index (χ4v) is 5.16. The van der Waals surface area contributed by atoms with Crippen LogP contribution in [-0.4, -0.2) is 47.6 Å². The Morgan fingerprint density at radius 3 is 2.71 bits per heavy atom. The third-order valence-electron chi connectivity index (χ3n) is 5.11. The van der Waals surface area contributed by atoms with Gasteiger partial charge in [-0.05, 0) is 32.4 Å². The van der Waals surface area contributed by atoms with Gasteiger partial charge in [-0.1, -0.05) is 18.2 Å². The smallest absolute Gasteiger partial charge is 0.246 e. The van der Waals surface area contributed by atoms with Gasteiger partial charge in [0.25, 0.3) is 0 Å². The second-order valence-corrected chi connectivity index (χ2v) is 9.43. The van der Waals surface area contributed by atoms with Crippen molar-refractivity contribution in [2.75, 3.05) is 18.6 Å². The van der Waals surface area contributed by atoms with Crippen molar-refractivity contribution < 1.29 is 17.6 Å². The lowest BCUT2D eigenvalue weighted by atomic mass is 10.1. The summed E-state index contributed by atoms with van der Waals surface area (Å²) in [6, 6.07) is 6.10. The van der Waals surface area contributed by atoms with Gasteiger partial charge in [0, 0.05) is 36.5 Å². The highest BCUT2D eigenvalue weighted by Crippen LogP contribution is 2.27. The van der Waals surface area contributed by atoms with Gasteiger partial charge in [0.05, 0.1) is 23.2 Å². The second-order valence-electron chi connectivity index (χ2n) is 7.20. The van der Waals surface area contributed by atoms with Crippen molar-refractivity contribution in [3.05, 3.63) is 58.7 Å². The van der Waals surface area contributed by atoms with Crippen LogP contribution in [0.15, 0.2) is 30.3 Å². The maximum atomic E-state index is 13.7. The maximum Gasteiger partial charge on any atom is 0.246 e. The molecule has 6 nitrogen and oxygen atoms in total. The minimum absolute atomic E-state index is 0.106. The molecule has 0 saturated carbocycles. The number of hydrogen-bond acceptors (Lipinski definition) is 4. The van der Waals surface area contributed by atoms with Crippen LogP contribution < -0.4 is 0 Å². The predicted octanol–water partition coefficient (Wildman–Crippen LogP) is 2.67. The number of halogens is 1. The number of aromatic nitrogens is 2. The highest BCUT2D eigenvalue weighted by molar-refractivity contribution is 7.91. The summed E-state index contributed by atoms with van der Waals surface area (Å²) in [5.74, 6) is -0.342. The number of rotatable bonds is 5. The molecular formula is C20H24FN3O3S. The summed E-state index contributed by atoms with van der Waals surface area (Å²) >= 11 is 0. The zero-order chi connectivity index (χ0) is 20.5. The molecule has 1 atom stereocenters. The normalized spacial score (nSPS) is 18.6. The molecule has 1 aliphatic heterocycles. The Morgan fingerprint density at radius 2 is 2.07 bits per heavy atom. The molecule has 0 unspecified atom stereocenters. The number of amides is 1. The van der Waals surface area contributed by atoms with Crippen molar-refractivity contribution in [1.82, 2.24) is 14.7 Å². The zero-order valence-electron chi connectivity index (χ0n) is 16.2. The Labute approximate surface area is 164 Å². The lowest BCUT2D eigenvalue weighted by molar-refractivity contribution is -0.125. The van der Waals surface area contributed by atoms with Crippen LogP contribution in [0.1, 0.15) is 35.0 Å². The first kappa shape index (κ1) is 20.3. The van der Waals surface area contributed by atoms with Crippen LogP contribution in [0.3, 0.4) is 0 Å². The summed E-state index contributed by atoms with van der Waals surface area (Å²) in [5, 5.41) is 4.52. The van der Waals surface area contributed by atoms with Crippen molar-refractivity contribution in [2.24, 2.45) is 0 Å². The van der Waals surface area contributed by atoms with Crippen LogP contribution in [0.4, 0.5) is 4.39 Å². The van der Waals surface area contributed by atoms with E-state index in [9.17, 15) is 17.6 Å². The number of benzene rings is 1. The number of carbonyl (C=O) groups excluding carboxylic acids is 1. The molecule has 28 heavy (non-hydrogen) atoms. The van der Waals surface area contributed by atoms with Crippen molar-refractivity contribution in [2.45, 2.75) is 32.9 Å². The molecule has 1 amide bonds.